The highest BCUT2D eigenvalue weighted by molar-refractivity contribution is 5.36. The molecule has 0 fully saturated rings. The van der Waals surface area contributed by atoms with Crippen LogP contribution in [0.2, 0.25) is 0 Å². The lowest BCUT2D eigenvalue weighted by atomic mass is 9.77. The fourth-order valence-corrected chi connectivity index (χ4v) is 2.86. The lowest BCUT2D eigenvalue weighted by molar-refractivity contribution is 0.507. The Labute approximate surface area is 106 Å². The van der Waals surface area contributed by atoms with Gasteiger partial charge in [0.1, 0.15) is 0 Å². The van der Waals surface area contributed by atoms with Gasteiger partial charge in [0.05, 0.1) is 0 Å². The van der Waals surface area contributed by atoms with Crippen LogP contribution in [0.15, 0.2) is 47.6 Å². The molecule has 0 aromatic heterocycles. The number of hydrogen-bond donors (Lipinski definition) is 0. The van der Waals surface area contributed by atoms with Crippen molar-refractivity contribution >= 4 is 0 Å². The van der Waals surface area contributed by atoms with Crippen molar-refractivity contribution in [3.05, 3.63) is 47.6 Å². The van der Waals surface area contributed by atoms with Crippen molar-refractivity contribution in [2.75, 3.05) is 0 Å². The summed E-state index contributed by atoms with van der Waals surface area (Å²) in [4.78, 5) is 0. The first kappa shape index (κ1) is 12.4. The Kier molecular flexibility index (Phi) is 4.04. The molecule has 0 aromatic carbocycles. The molecular formula is C17H24. The van der Waals surface area contributed by atoms with Gasteiger partial charge in [0.25, 0.3) is 0 Å². The summed E-state index contributed by atoms with van der Waals surface area (Å²) in [6.45, 7) is 6.77. The summed E-state index contributed by atoms with van der Waals surface area (Å²) in [5.74, 6) is 2.07. The highest BCUT2D eigenvalue weighted by atomic mass is 14.3. The monoisotopic (exact) mass is 228 g/mol. The van der Waals surface area contributed by atoms with Gasteiger partial charge in [-0.05, 0) is 43.6 Å². The van der Waals surface area contributed by atoms with Gasteiger partial charge < -0.3 is 0 Å². The van der Waals surface area contributed by atoms with Crippen LogP contribution in [0.3, 0.4) is 0 Å². The Morgan fingerprint density at radius 3 is 2.53 bits per heavy atom. The van der Waals surface area contributed by atoms with Crippen molar-refractivity contribution in [3.8, 4) is 0 Å². The topological polar surface area (TPSA) is 0 Å². The van der Waals surface area contributed by atoms with Crippen molar-refractivity contribution in [2.24, 2.45) is 17.8 Å². The Morgan fingerprint density at radius 2 is 1.94 bits per heavy atom. The second kappa shape index (κ2) is 5.53. The van der Waals surface area contributed by atoms with Gasteiger partial charge in [0.15, 0.2) is 0 Å². The molecule has 0 amide bonds. The Morgan fingerprint density at radius 1 is 1.12 bits per heavy atom. The Bertz CT molecular complexity index is 379. The van der Waals surface area contributed by atoms with Crippen LogP contribution in [0, 0.1) is 17.8 Å². The van der Waals surface area contributed by atoms with Crippen LogP contribution < -0.4 is 0 Å². The molecule has 0 saturated carbocycles. The summed E-state index contributed by atoms with van der Waals surface area (Å²) < 4.78 is 0. The number of allylic oxidation sites excluding steroid dienone is 8. The molecule has 0 saturated heterocycles. The lowest BCUT2D eigenvalue weighted by Crippen LogP contribution is -2.16. The average molecular weight is 228 g/mol. The normalized spacial score (nSPS) is 32.3. The zero-order valence-electron chi connectivity index (χ0n) is 11.3. The van der Waals surface area contributed by atoms with E-state index >= 15 is 0 Å². The molecule has 2 rings (SSSR count). The maximum absolute atomic E-state index is 2.46. The van der Waals surface area contributed by atoms with Gasteiger partial charge in [-0.3, -0.25) is 0 Å². The minimum Gasteiger partial charge on any atom is -0.0808 e. The van der Waals surface area contributed by atoms with Crippen LogP contribution in [0.4, 0.5) is 0 Å². The molecule has 0 radical (unpaired) electrons. The number of rotatable bonds is 3. The molecule has 0 aromatic rings. The van der Waals surface area contributed by atoms with E-state index < -0.39 is 0 Å². The van der Waals surface area contributed by atoms with Crippen LogP contribution in [0.25, 0.3) is 0 Å². The molecule has 2 aliphatic carbocycles. The fraction of sp³-hybridized carbons (Fsp3) is 0.529. The van der Waals surface area contributed by atoms with Crippen molar-refractivity contribution in [2.45, 2.75) is 40.0 Å². The SMILES string of the molecule is CCC1C=CC(C2C=CC(C)=CC2CC)=CC1. The third-order valence-electron chi connectivity index (χ3n) is 4.10. The van der Waals surface area contributed by atoms with E-state index in [9.17, 15) is 0 Å². The van der Waals surface area contributed by atoms with Gasteiger partial charge >= 0.3 is 0 Å². The Hall–Kier alpha value is -1.04. The standard InChI is InChI=1S/C17H24/c1-4-14-7-9-16(10-8-14)17-11-6-13(3)12-15(17)5-2/h6-7,9-12,14-15,17H,4-5,8H2,1-3H3. The van der Waals surface area contributed by atoms with E-state index in [1.165, 1.54) is 30.4 Å². The van der Waals surface area contributed by atoms with Crippen LogP contribution in [0.1, 0.15) is 40.0 Å². The van der Waals surface area contributed by atoms with Gasteiger partial charge in [-0.1, -0.05) is 55.9 Å². The highest BCUT2D eigenvalue weighted by Gasteiger charge is 2.22. The van der Waals surface area contributed by atoms with E-state index in [0.29, 0.717) is 11.8 Å². The molecule has 0 nitrogen and oxygen atoms in total. The third kappa shape index (κ3) is 2.80. The smallest absolute Gasteiger partial charge is 0.00808 e. The predicted molar refractivity (Wildman–Crippen MR) is 75.8 cm³/mol. The van der Waals surface area contributed by atoms with Gasteiger partial charge in [0.2, 0.25) is 0 Å². The summed E-state index contributed by atoms with van der Waals surface area (Å²) in [7, 11) is 0. The van der Waals surface area contributed by atoms with Crippen LogP contribution >= 0.6 is 0 Å². The van der Waals surface area contributed by atoms with E-state index in [-0.39, 0.29) is 0 Å². The van der Waals surface area contributed by atoms with Crippen molar-refractivity contribution in [3.63, 3.8) is 0 Å². The van der Waals surface area contributed by atoms with Gasteiger partial charge in [-0.15, -0.1) is 0 Å². The fourth-order valence-electron chi connectivity index (χ4n) is 2.86. The van der Waals surface area contributed by atoms with Gasteiger partial charge in [-0.2, -0.15) is 0 Å². The van der Waals surface area contributed by atoms with Crippen LogP contribution in [-0.4, -0.2) is 0 Å². The predicted octanol–water partition coefficient (Wildman–Crippen LogP) is 5.06. The maximum atomic E-state index is 2.46. The molecule has 0 heteroatoms. The van der Waals surface area contributed by atoms with Crippen molar-refractivity contribution < 1.29 is 0 Å². The molecular weight excluding hydrogens is 204 g/mol. The summed E-state index contributed by atoms with van der Waals surface area (Å²) in [5.41, 5.74) is 2.95. The third-order valence-corrected chi connectivity index (χ3v) is 4.10. The first-order valence-corrected chi connectivity index (χ1v) is 6.99. The average Bonchev–Trinajstić information content (AvgIpc) is 2.39. The molecule has 0 heterocycles. The Balaban J connectivity index is 2.11. The molecule has 0 bridgehead atoms. The molecule has 3 unspecified atom stereocenters. The molecule has 2 aliphatic rings. The lowest BCUT2D eigenvalue weighted by Gasteiger charge is -2.28. The second-order valence-electron chi connectivity index (χ2n) is 5.33. The van der Waals surface area contributed by atoms with Crippen molar-refractivity contribution in [1.29, 1.82) is 0 Å². The summed E-state index contributed by atoms with van der Waals surface area (Å²) >= 11 is 0. The second-order valence-corrected chi connectivity index (χ2v) is 5.33. The van der Waals surface area contributed by atoms with E-state index in [1.807, 2.05) is 0 Å². The van der Waals surface area contributed by atoms with E-state index in [2.05, 4.69) is 57.2 Å². The maximum Gasteiger partial charge on any atom is 0.00808 e. The quantitative estimate of drug-likeness (QED) is 0.633. The van der Waals surface area contributed by atoms with Gasteiger partial charge in [0, 0.05) is 5.92 Å². The first-order chi connectivity index (χ1) is 8.24. The molecule has 0 aliphatic heterocycles. The molecule has 0 N–H and O–H groups in total. The van der Waals surface area contributed by atoms with E-state index in [0.717, 1.165) is 5.92 Å². The largest absolute Gasteiger partial charge is 0.0808 e. The molecule has 92 valence electrons. The zero-order chi connectivity index (χ0) is 12.3. The summed E-state index contributed by atoms with van der Waals surface area (Å²) in [6, 6.07) is 0. The van der Waals surface area contributed by atoms with Crippen molar-refractivity contribution in [1.82, 2.24) is 0 Å². The first-order valence-electron chi connectivity index (χ1n) is 6.99. The summed E-state index contributed by atoms with van der Waals surface area (Å²) in [5, 5.41) is 0. The molecule has 0 spiro atoms. The minimum absolute atomic E-state index is 0.609. The van der Waals surface area contributed by atoms with E-state index in [4.69, 9.17) is 0 Å². The minimum atomic E-state index is 0.609. The van der Waals surface area contributed by atoms with Crippen LogP contribution in [-0.2, 0) is 0 Å². The van der Waals surface area contributed by atoms with Gasteiger partial charge in [-0.25, -0.2) is 0 Å². The molecule has 3 atom stereocenters. The zero-order valence-corrected chi connectivity index (χ0v) is 11.3. The number of hydrogen-bond acceptors (Lipinski definition) is 0. The highest BCUT2D eigenvalue weighted by Crippen LogP contribution is 2.34. The summed E-state index contributed by atoms with van der Waals surface area (Å²) in [6.07, 6.45) is 18.1. The van der Waals surface area contributed by atoms with E-state index in [1.54, 1.807) is 0 Å². The van der Waals surface area contributed by atoms with Crippen LogP contribution in [0.5, 0.6) is 0 Å². The molecule has 17 heavy (non-hydrogen) atoms.